The Balaban J connectivity index is 1.29. The predicted molar refractivity (Wildman–Crippen MR) is 128 cm³/mol. The first-order chi connectivity index (χ1) is 16.5. The maximum atomic E-state index is 12.8. The molecule has 0 unspecified atom stereocenters. The largest absolute Gasteiger partial charge is 0.459 e. The molecular weight excluding hydrogens is 430 g/mol. The number of rotatable bonds is 4. The molecule has 0 spiro atoms. The summed E-state index contributed by atoms with van der Waals surface area (Å²) in [5.41, 5.74) is 0.451. The molecule has 5 rings (SSSR count). The number of nitro groups is 1. The average molecular weight is 469 g/mol. The van der Waals surface area contributed by atoms with E-state index in [2.05, 4.69) is 13.8 Å². The fraction of sp³-hybridized carbons (Fsp3) is 0.714. The lowest BCUT2D eigenvalue weighted by Crippen LogP contribution is -2.54. The van der Waals surface area contributed by atoms with Crippen molar-refractivity contribution in [3.8, 4) is 0 Å². The van der Waals surface area contributed by atoms with Crippen LogP contribution in [0.4, 0.5) is 5.69 Å². The van der Waals surface area contributed by atoms with Gasteiger partial charge in [0.25, 0.3) is 5.69 Å². The van der Waals surface area contributed by atoms with Crippen molar-refractivity contribution in [1.82, 2.24) is 0 Å². The maximum Gasteiger partial charge on any atom is 0.338 e. The number of benzene rings is 1. The fourth-order valence-electron chi connectivity index (χ4n) is 8.72. The Hall–Kier alpha value is -2.24. The number of hydrogen-bond acceptors (Lipinski definition) is 5. The predicted octanol–water partition coefficient (Wildman–Crippen LogP) is 6.37. The average Bonchev–Trinajstić information content (AvgIpc) is 3.17. The smallest absolute Gasteiger partial charge is 0.338 e. The molecule has 4 aliphatic rings. The molecule has 1 aromatic carbocycles. The summed E-state index contributed by atoms with van der Waals surface area (Å²) in [6.07, 6.45) is 7.33. The van der Waals surface area contributed by atoms with Crippen molar-refractivity contribution in [3.05, 3.63) is 39.9 Å². The van der Waals surface area contributed by atoms with Crippen LogP contribution in [0.15, 0.2) is 24.3 Å². The van der Waals surface area contributed by atoms with E-state index in [1.807, 2.05) is 0 Å². The number of Topliss-reactive ketones (excluding diaryl/α,β-unsaturated/α-hetero) is 1. The number of carbonyl (C=O) groups is 2. The lowest BCUT2D eigenvalue weighted by Gasteiger charge is -2.61. The third-order valence-electron chi connectivity index (χ3n) is 10.5. The second-order valence-corrected chi connectivity index (χ2v) is 11.9. The molecule has 4 saturated carbocycles. The maximum absolute atomic E-state index is 12.8. The number of non-ortho nitro benzene ring substituents is 1. The molecule has 0 amide bonds. The molecule has 34 heavy (non-hydrogen) atoms. The second kappa shape index (κ2) is 8.46. The third kappa shape index (κ3) is 3.68. The van der Waals surface area contributed by atoms with Gasteiger partial charge in [-0.2, -0.15) is 0 Å². The van der Waals surface area contributed by atoms with Crippen LogP contribution in [0.3, 0.4) is 0 Å². The van der Waals surface area contributed by atoms with Crippen molar-refractivity contribution in [2.45, 2.75) is 84.6 Å². The van der Waals surface area contributed by atoms with Crippen LogP contribution < -0.4 is 0 Å². The molecule has 6 heteroatoms. The molecule has 0 heterocycles. The molecular formula is C28H37NO5. The van der Waals surface area contributed by atoms with Crippen molar-refractivity contribution in [2.75, 3.05) is 0 Å². The zero-order valence-corrected chi connectivity index (χ0v) is 20.5. The van der Waals surface area contributed by atoms with Gasteiger partial charge in [-0.05, 0) is 111 Å². The quantitative estimate of drug-likeness (QED) is 0.291. The minimum Gasteiger partial charge on any atom is -0.459 e. The highest BCUT2D eigenvalue weighted by Gasteiger charge is 2.60. The minimum absolute atomic E-state index is 0.0761. The van der Waals surface area contributed by atoms with E-state index in [0.717, 1.165) is 44.9 Å². The van der Waals surface area contributed by atoms with Gasteiger partial charge >= 0.3 is 5.97 Å². The lowest BCUT2D eigenvalue weighted by molar-refractivity contribution is -0.384. The first-order valence-corrected chi connectivity index (χ1v) is 13.0. The molecule has 184 valence electrons. The number of hydrogen-bond donors (Lipinski definition) is 0. The Bertz CT molecular complexity index is 1040. The van der Waals surface area contributed by atoms with E-state index in [1.165, 1.54) is 24.3 Å². The van der Waals surface area contributed by atoms with E-state index in [0.29, 0.717) is 42.3 Å². The van der Waals surface area contributed by atoms with Crippen LogP contribution in [-0.4, -0.2) is 22.8 Å². The van der Waals surface area contributed by atoms with Gasteiger partial charge in [-0.3, -0.25) is 14.9 Å². The molecule has 0 saturated heterocycles. The molecule has 8 atom stereocenters. The number of carbonyl (C=O) groups excluding carboxylic acids is 2. The molecule has 0 bridgehead atoms. The van der Waals surface area contributed by atoms with E-state index < -0.39 is 17.0 Å². The highest BCUT2D eigenvalue weighted by molar-refractivity contribution is 5.89. The van der Waals surface area contributed by atoms with E-state index in [9.17, 15) is 19.7 Å². The Morgan fingerprint density at radius 3 is 2.35 bits per heavy atom. The van der Waals surface area contributed by atoms with Gasteiger partial charge in [0, 0.05) is 18.1 Å². The Morgan fingerprint density at radius 2 is 1.68 bits per heavy atom. The van der Waals surface area contributed by atoms with Crippen molar-refractivity contribution in [3.63, 3.8) is 0 Å². The van der Waals surface area contributed by atoms with Crippen LogP contribution in [0.25, 0.3) is 0 Å². The van der Waals surface area contributed by atoms with Crippen LogP contribution in [0.1, 0.15) is 90.3 Å². The second-order valence-electron chi connectivity index (χ2n) is 11.9. The van der Waals surface area contributed by atoms with Crippen LogP contribution in [0, 0.1) is 50.5 Å². The van der Waals surface area contributed by atoms with Gasteiger partial charge < -0.3 is 4.74 Å². The number of nitrogens with zero attached hydrogens (tertiary/aromatic N) is 1. The van der Waals surface area contributed by atoms with Crippen molar-refractivity contribution in [1.29, 1.82) is 0 Å². The normalized spacial score (nSPS) is 43.6. The van der Waals surface area contributed by atoms with Crippen LogP contribution >= 0.6 is 0 Å². The Labute approximate surface area is 203 Å². The number of esters is 1. The standard InChI is InChI=1S/C28H37NO5/c1-17(30)23-10-11-24-22-9-6-19-16-21(12-14-27(19,2)25(22)13-15-28(23,24)3)34-26(31)18-4-7-20(8-5-18)29(32)33/h4-5,7-8,19,21-25H,6,9-16H2,1-3H3/t19-,21+,22-,23+,24-,25-,27-,28+/m0/s1/i21D. The number of fused-ring (bicyclic) bond motifs is 5. The summed E-state index contributed by atoms with van der Waals surface area (Å²) < 4.78 is 14.7. The highest BCUT2D eigenvalue weighted by Crippen LogP contribution is 2.67. The number of nitro benzene ring substituents is 1. The summed E-state index contributed by atoms with van der Waals surface area (Å²) in [5.74, 6) is 2.22. The summed E-state index contributed by atoms with van der Waals surface area (Å²) in [6.45, 7) is 6.55. The number of ketones is 1. The Kier molecular flexibility index (Phi) is 5.53. The van der Waals surface area contributed by atoms with Gasteiger partial charge in [0.05, 0.1) is 11.9 Å². The van der Waals surface area contributed by atoms with Crippen LogP contribution in [0.2, 0.25) is 0 Å². The lowest BCUT2D eigenvalue weighted by atomic mass is 9.44. The van der Waals surface area contributed by atoms with Gasteiger partial charge in [-0.1, -0.05) is 13.8 Å². The fourth-order valence-corrected chi connectivity index (χ4v) is 8.72. The summed E-state index contributed by atoms with van der Waals surface area (Å²) in [7, 11) is 0. The van der Waals surface area contributed by atoms with E-state index in [4.69, 9.17) is 6.11 Å². The molecule has 4 fully saturated rings. The van der Waals surface area contributed by atoms with Crippen molar-refractivity contribution >= 4 is 17.4 Å². The van der Waals surface area contributed by atoms with Crippen LogP contribution in [0.5, 0.6) is 0 Å². The number of ether oxygens (including phenoxy) is 1. The van der Waals surface area contributed by atoms with Crippen molar-refractivity contribution in [2.24, 2.45) is 40.4 Å². The van der Waals surface area contributed by atoms with Crippen molar-refractivity contribution < 1.29 is 20.6 Å². The first kappa shape index (κ1) is 22.2. The molecule has 0 N–H and O–H groups in total. The first-order valence-electron chi connectivity index (χ1n) is 13.5. The topological polar surface area (TPSA) is 86.5 Å². The van der Waals surface area contributed by atoms with E-state index >= 15 is 0 Å². The molecule has 0 aliphatic heterocycles. The van der Waals surface area contributed by atoms with Crippen LogP contribution in [-0.2, 0) is 9.53 Å². The van der Waals surface area contributed by atoms with Gasteiger partial charge in [-0.15, -0.1) is 0 Å². The summed E-state index contributed by atoms with van der Waals surface area (Å²) in [4.78, 5) is 35.5. The van der Waals surface area contributed by atoms with E-state index in [-0.39, 0.29) is 28.0 Å². The van der Waals surface area contributed by atoms with Gasteiger partial charge in [0.2, 0.25) is 0 Å². The van der Waals surface area contributed by atoms with E-state index in [1.54, 1.807) is 6.92 Å². The highest BCUT2D eigenvalue weighted by atomic mass is 16.6. The SMILES string of the molecule is [2H][C@@]1(OC(=O)c2ccc([N+](=O)[O-])cc2)CC[C@@]2(C)[C@@H](CC[C@@H]3[C@@H]2CC[C@]2(C)[C@@H](C(C)=O)CC[C@@H]32)C1. The molecule has 6 nitrogen and oxygen atoms in total. The zero-order valence-electron chi connectivity index (χ0n) is 21.5. The Morgan fingerprint density at radius 1 is 1.00 bits per heavy atom. The molecule has 0 aromatic heterocycles. The monoisotopic (exact) mass is 468 g/mol. The zero-order chi connectivity index (χ0) is 25.2. The summed E-state index contributed by atoms with van der Waals surface area (Å²) >= 11 is 0. The van der Waals surface area contributed by atoms with Gasteiger partial charge in [-0.25, -0.2) is 4.79 Å². The molecule has 1 aromatic rings. The third-order valence-corrected chi connectivity index (χ3v) is 10.5. The van der Waals surface area contributed by atoms with Gasteiger partial charge in [0.15, 0.2) is 0 Å². The summed E-state index contributed by atoms with van der Waals surface area (Å²) in [6, 6.07) is 5.39. The minimum atomic E-state index is -1.26. The molecule has 0 radical (unpaired) electrons. The summed E-state index contributed by atoms with van der Waals surface area (Å²) in [5, 5.41) is 10.9. The van der Waals surface area contributed by atoms with Gasteiger partial charge in [0.1, 0.15) is 11.9 Å². The molecule has 4 aliphatic carbocycles.